The summed E-state index contributed by atoms with van der Waals surface area (Å²) in [6.07, 6.45) is 9.70. The minimum atomic E-state index is 0. The van der Waals surface area contributed by atoms with Crippen molar-refractivity contribution in [3.63, 3.8) is 0 Å². The van der Waals surface area contributed by atoms with Gasteiger partial charge in [0.15, 0.2) is 5.96 Å². The van der Waals surface area contributed by atoms with Crippen LogP contribution in [0.25, 0.3) is 0 Å². The Kier molecular flexibility index (Phi) is 9.12. The Morgan fingerprint density at radius 2 is 1.89 bits per heavy atom. The van der Waals surface area contributed by atoms with E-state index in [1.54, 1.807) is 0 Å². The molecule has 0 amide bonds. The predicted molar refractivity (Wildman–Crippen MR) is 125 cm³/mol. The minimum absolute atomic E-state index is 0. The average Bonchev–Trinajstić information content (AvgIpc) is 3.20. The summed E-state index contributed by atoms with van der Waals surface area (Å²) in [6.45, 7) is 7.73. The van der Waals surface area contributed by atoms with Crippen LogP contribution in [0.4, 0.5) is 5.82 Å². The molecule has 3 rings (SSSR count). The normalized spacial score (nSPS) is 23.3. The van der Waals surface area contributed by atoms with E-state index in [0.717, 1.165) is 43.2 Å². The lowest BCUT2D eigenvalue weighted by molar-refractivity contribution is 0.250. The topological polar surface area (TPSA) is 52.6 Å². The van der Waals surface area contributed by atoms with Crippen molar-refractivity contribution in [3.05, 3.63) is 23.9 Å². The summed E-state index contributed by atoms with van der Waals surface area (Å²) in [4.78, 5) is 11.4. The number of nitrogens with zero attached hydrogens (tertiary/aromatic N) is 3. The van der Waals surface area contributed by atoms with Crippen LogP contribution in [0.5, 0.6) is 0 Å². The third-order valence-corrected chi connectivity index (χ3v) is 5.98. The Morgan fingerprint density at radius 3 is 2.44 bits per heavy atom. The van der Waals surface area contributed by atoms with E-state index in [1.807, 2.05) is 13.2 Å². The minimum Gasteiger partial charge on any atom is -0.357 e. The Morgan fingerprint density at radius 1 is 1.19 bits per heavy atom. The molecule has 0 unspecified atom stereocenters. The first-order valence-corrected chi connectivity index (χ1v) is 10.3. The number of aliphatic imine (C=N–C) groups is 1. The van der Waals surface area contributed by atoms with Gasteiger partial charge in [0.25, 0.3) is 0 Å². The molecule has 1 saturated carbocycles. The monoisotopic (exact) mass is 485 g/mol. The molecule has 2 fully saturated rings. The van der Waals surface area contributed by atoms with Crippen molar-refractivity contribution >= 4 is 35.8 Å². The second kappa shape index (κ2) is 11.1. The summed E-state index contributed by atoms with van der Waals surface area (Å²) >= 11 is 0. The molecule has 2 heterocycles. The molecule has 2 aliphatic rings. The first-order chi connectivity index (χ1) is 12.7. The van der Waals surface area contributed by atoms with Crippen molar-refractivity contribution < 1.29 is 0 Å². The number of anilines is 1. The summed E-state index contributed by atoms with van der Waals surface area (Å²) in [5, 5.41) is 7.04. The van der Waals surface area contributed by atoms with Crippen LogP contribution in [-0.2, 0) is 6.54 Å². The Balaban J connectivity index is 0.00000261. The van der Waals surface area contributed by atoms with Crippen LogP contribution in [0, 0.1) is 11.8 Å². The van der Waals surface area contributed by atoms with Gasteiger partial charge in [-0.3, -0.25) is 4.99 Å². The number of halogens is 1. The van der Waals surface area contributed by atoms with Crippen LogP contribution in [0.15, 0.2) is 23.3 Å². The lowest BCUT2D eigenvalue weighted by Crippen LogP contribution is -2.44. The zero-order valence-electron chi connectivity index (χ0n) is 17.1. The number of guanidine groups is 1. The van der Waals surface area contributed by atoms with Crippen molar-refractivity contribution in [3.8, 4) is 0 Å². The fourth-order valence-electron chi connectivity index (χ4n) is 4.16. The highest BCUT2D eigenvalue weighted by Gasteiger charge is 2.23. The maximum absolute atomic E-state index is 4.63. The second-order valence-corrected chi connectivity index (χ2v) is 8.14. The number of pyridine rings is 1. The number of aromatic nitrogens is 1. The Hall–Kier alpha value is -1.05. The standard InChI is InChI=1S/C21H35N5.HI/c1-16(2)18-7-9-19(10-8-18)25-21(22-3)24-15-17-6-11-20(23-14-17)26-12-4-5-13-26;/h6,11,14,16,18-19H,4-5,7-10,12-13,15H2,1-3H3,(H2,22,24,25);1H. The lowest BCUT2D eigenvalue weighted by atomic mass is 9.80. The molecule has 1 aromatic rings. The van der Waals surface area contributed by atoms with Gasteiger partial charge in [0.2, 0.25) is 0 Å². The zero-order chi connectivity index (χ0) is 18.4. The van der Waals surface area contributed by atoms with E-state index in [-0.39, 0.29) is 24.0 Å². The molecule has 1 aliphatic carbocycles. The third-order valence-electron chi connectivity index (χ3n) is 5.98. The summed E-state index contributed by atoms with van der Waals surface area (Å²) in [5.74, 6) is 3.71. The van der Waals surface area contributed by atoms with E-state index < -0.39 is 0 Å². The van der Waals surface area contributed by atoms with E-state index in [1.165, 1.54) is 44.1 Å². The summed E-state index contributed by atoms with van der Waals surface area (Å²) in [5.41, 5.74) is 1.19. The van der Waals surface area contributed by atoms with Gasteiger partial charge in [0.1, 0.15) is 5.82 Å². The highest BCUT2D eigenvalue weighted by Crippen LogP contribution is 2.29. The van der Waals surface area contributed by atoms with Gasteiger partial charge in [0.05, 0.1) is 0 Å². The SMILES string of the molecule is CN=C(NCc1ccc(N2CCCC2)nc1)NC1CCC(C(C)C)CC1.I. The third kappa shape index (κ3) is 6.50. The molecule has 0 aromatic carbocycles. The number of hydrogen-bond donors (Lipinski definition) is 2. The molecule has 0 spiro atoms. The quantitative estimate of drug-likeness (QED) is 0.373. The Labute approximate surface area is 181 Å². The number of hydrogen-bond acceptors (Lipinski definition) is 3. The number of nitrogens with one attached hydrogen (secondary N) is 2. The van der Waals surface area contributed by atoms with E-state index in [0.29, 0.717) is 6.04 Å². The van der Waals surface area contributed by atoms with Crippen LogP contribution >= 0.6 is 24.0 Å². The first-order valence-electron chi connectivity index (χ1n) is 10.3. The van der Waals surface area contributed by atoms with Crippen molar-refractivity contribution in [2.24, 2.45) is 16.8 Å². The van der Waals surface area contributed by atoms with Crippen LogP contribution in [0.1, 0.15) is 57.9 Å². The molecule has 0 bridgehead atoms. The molecular weight excluding hydrogens is 449 g/mol. The van der Waals surface area contributed by atoms with Crippen LogP contribution in [-0.4, -0.2) is 37.1 Å². The maximum Gasteiger partial charge on any atom is 0.191 e. The fraction of sp³-hybridized carbons (Fsp3) is 0.714. The first kappa shape index (κ1) is 22.2. The van der Waals surface area contributed by atoms with Crippen molar-refractivity contribution in [1.82, 2.24) is 15.6 Å². The molecule has 6 heteroatoms. The smallest absolute Gasteiger partial charge is 0.191 e. The van der Waals surface area contributed by atoms with Gasteiger partial charge >= 0.3 is 0 Å². The number of rotatable bonds is 5. The molecule has 5 nitrogen and oxygen atoms in total. The van der Waals surface area contributed by atoms with Gasteiger partial charge in [-0.05, 0) is 62.0 Å². The highest BCUT2D eigenvalue weighted by atomic mass is 127. The van der Waals surface area contributed by atoms with Gasteiger partial charge in [-0.25, -0.2) is 4.98 Å². The largest absolute Gasteiger partial charge is 0.357 e. The van der Waals surface area contributed by atoms with Crippen LogP contribution < -0.4 is 15.5 Å². The summed E-state index contributed by atoms with van der Waals surface area (Å²) in [7, 11) is 1.85. The molecule has 2 N–H and O–H groups in total. The van der Waals surface area contributed by atoms with Crippen LogP contribution in [0.3, 0.4) is 0 Å². The molecule has 1 saturated heterocycles. The van der Waals surface area contributed by atoms with E-state index in [2.05, 4.69) is 51.5 Å². The van der Waals surface area contributed by atoms with E-state index >= 15 is 0 Å². The molecule has 1 aliphatic heterocycles. The zero-order valence-corrected chi connectivity index (χ0v) is 19.4. The van der Waals surface area contributed by atoms with Crippen molar-refractivity contribution in [2.75, 3.05) is 25.0 Å². The fourth-order valence-corrected chi connectivity index (χ4v) is 4.16. The molecule has 27 heavy (non-hydrogen) atoms. The maximum atomic E-state index is 4.63. The van der Waals surface area contributed by atoms with Gasteiger partial charge < -0.3 is 15.5 Å². The average molecular weight is 485 g/mol. The highest BCUT2D eigenvalue weighted by molar-refractivity contribution is 14.0. The van der Waals surface area contributed by atoms with Gasteiger partial charge in [-0.15, -0.1) is 24.0 Å². The molecule has 0 radical (unpaired) electrons. The molecule has 1 aromatic heterocycles. The predicted octanol–water partition coefficient (Wildman–Crippen LogP) is 4.18. The lowest BCUT2D eigenvalue weighted by Gasteiger charge is -2.32. The summed E-state index contributed by atoms with van der Waals surface area (Å²) < 4.78 is 0. The van der Waals surface area contributed by atoms with Crippen molar-refractivity contribution in [2.45, 2.75) is 65.0 Å². The Bertz CT molecular complexity index is 573. The summed E-state index contributed by atoms with van der Waals surface area (Å²) in [6, 6.07) is 4.87. The molecule has 152 valence electrons. The van der Waals surface area contributed by atoms with Gasteiger partial charge in [-0.1, -0.05) is 19.9 Å². The van der Waals surface area contributed by atoms with Crippen molar-refractivity contribution in [1.29, 1.82) is 0 Å². The van der Waals surface area contributed by atoms with E-state index in [4.69, 9.17) is 0 Å². The molecule has 0 atom stereocenters. The second-order valence-electron chi connectivity index (χ2n) is 8.14. The molecular formula is C21H36IN5. The van der Waals surface area contributed by atoms with Crippen LogP contribution in [0.2, 0.25) is 0 Å². The van der Waals surface area contributed by atoms with Gasteiger partial charge in [0, 0.05) is 38.9 Å². The van der Waals surface area contributed by atoms with Gasteiger partial charge in [-0.2, -0.15) is 0 Å². The van der Waals surface area contributed by atoms with E-state index in [9.17, 15) is 0 Å².